The molecule has 0 bridgehead atoms. The molecule has 1 rings (SSSR count). The molecule has 0 radical (unpaired) electrons. The number of nitrogens with one attached hydrogen (secondary N) is 1. The normalized spacial score (nSPS) is 14.3. The Morgan fingerprint density at radius 2 is 1.33 bits per heavy atom. The Hall–Kier alpha value is -1.74. The summed E-state index contributed by atoms with van der Waals surface area (Å²) in [6.07, 6.45) is -19.4. The summed E-state index contributed by atoms with van der Waals surface area (Å²) >= 11 is 0. The summed E-state index contributed by atoms with van der Waals surface area (Å²) in [5, 5.41) is 8.89. The lowest BCUT2D eigenvalue weighted by Crippen LogP contribution is -2.58. The second-order valence-electron chi connectivity index (χ2n) is 5.02. The zero-order valence-electron chi connectivity index (χ0n) is 12.7. The van der Waals surface area contributed by atoms with Gasteiger partial charge in [0.25, 0.3) is 5.60 Å². The molecule has 0 saturated heterocycles. The number of halogens is 9. The summed E-state index contributed by atoms with van der Waals surface area (Å²) in [6.45, 7) is -1.46. The van der Waals surface area contributed by atoms with E-state index < -0.39 is 57.9 Å². The minimum Gasteiger partial charge on any atom is -0.406 e. The van der Waals surface area contributed by atoms with Gasteiger partial charge in [0.15, 0.2) is 0 Å². The van der Waals surface area contributed by atoms with Gasteiger partial charge in [-0.25, -0.2) is 13.1 Å². The quantitative estimate of drug-likeness (QED) is 0.674. The van der Waals surface area contributed by atoms with E-state index in [0.29, 0.717) is 24.3 Å². The number of sulfonamides is 1. The fraction of sp³-hybridized carbons (Fsp3) is 0.500. The lowest BCUT2D eigenvalue weighted by atomic mass is 9.98. The highest BCUT2D eigenvalue weighted by Crippen LogP contribution is 2.45. The van der Waals surface area contributed by atoms with Gasteiger partial charge in [-0.1, -0.05) is 0 Å². The van der Waals surface area contributed by atoms with Crippen molar-refractivity contribution < 1.29 is 57.8 Å². The Balaban J connectivity index is 2.87. The standard InChI is InChI=1S/C12H10F9NO4S/c13-10(14,15)9(23,11(16,17)18)5-6-22-27(24,25)8-3-1-7(2-4-8)26-12(19,20)21/h1-4,22-23H,5-6H2. The Bertz CT molecular complexity index is 724. The lowest BCUT2D eigenvalue weighted by molar-refractivity contribution is -0.369. The Labute approximate surface area is 145 Å². The summed E-state index contributed by atoms with van der Waals surface area (Å²) in [4.78, 5) is -0.750. The number of aliphatic hydroxyl groups is 1. The van der Waals surface area contributed by atoms with E-state index >= 15 is 0 Å². The van der Waals surface area contributed by atoms with Crippen molar-refractivity contribution in [1.29, 1.82) is 0 Å². The Kier molecular flexibility index (Phi) is 6.34. The minimum atomic E-state index is -6.12. The zero-order chi connectivity index (χ0) is 21.3. The number of benzene rings is 1. The van der Waals surface area contributed by atoms with Crippen LogP contribution in [0, 0.1) is 0 Å². The molecule has 0 aliphatic rings. The third kappa shape index (κ3) is 5.87. The Morgan fingerprint density at radius 1 is 0.889 bits per heavy atom. The molecule has 0 spiro atoms. The van der Waals surface area contributed by atoms with Crippen molar-refractivity contribution >= 4 is 10.0 Å². The lowest BCUT2D eigenvalue weighted by Gasteiger charge is -2.32. The van der Waals surface area contributed by atoms with Crippen LogP contribution in [0.5, 0.6) is 5.75 Å². The van der Waals surface area contributed by atoms with Crippen molar-refractivity contribution in [2.45, 2.75) is 35.6 Å². The molecular weight excluding hydrogens is 425 g/mol. The molecule has 2 N–H and O–H groups in total. The summed E-state index contributed by atoms with van der Waals surface area (Å²) in [7, 11) is -4.67. The van der Waals surface area contributed by atoms with Crippen molar-refractivity contribution in [2.75, 3.05) is 6.54 Å². The second-order valence-corrected chi connectivity index (χ2v) is 6.79. The molecule has 0 aromatic heterocycles. The highest BCUT2D eigenvalue weighted by atomic mass is 32.2. The average molecular weight is 435 g/mol. The van der Waals surface area contributed by atoms with Crippen molar-refractivity contribution in [3.8, 4) is 5.75 Å². The number of ether oxygens (including phenoxy) is 1. The summed E-state index contributed by atoms with van der Waals surface area (Å²) in [6, 6.07) is 2.32. The Morgan fingerprint density at radius 3 is 1.70 bits per heavy atom. The molecule has 0 atom stereocenters. The van der Waals surface area contributed by atoms with Gasteiger partial charge in [0.05, 0.1) is 4.90 Å². The fourth-order valence-electron chi connectivity index (χ4n) is 1.71. The van der Waals surface area contributed by atoms with Crippen molar-refractivity contribution in [3.05, 3.63) is 24.3 Å². The predicted molar refractivity (Wildman–Crippen MR) is 70.0 cm³/mol. The molecule has 27 heavy (non-hydrogen) atoms. The van der Waals surface area contributed by atoms with Crippen LogP contribution in [-0.2, 0) is 10.0 Å². The highest BCUT2D eigenvalue weighted by molar-refractivity contribution is 7.89. The van der Waals surface area contributed by atoms with Crippen molar-refractivity contribution in [1.82, 2.24) is 4.72 Å². The molecule has 156 valence electrons. The first kappa shape index (κ1) is 23.3. The first-order valence-electron chi connectivity index (χ1n) is 6.60. The number of hydrogen-bond acceptors (Lipinski definition) is 4. The molecule has 15 heteroatoms. The van der Waals surface area contributed by atoms with E-state index in [1.807, 2.05) is 0 Å². The molecule has 0 aliphatic heterocycles. The molecule has 5 nitrogen and oxygen atoms in total. The van der Waals surface area contributed by atoms with Crippen molar-refractivity contribution in [2.24, 2.45) is 0 Å². The molecule has 1 aromatic carbocycles. The topological polar surface area (TPSA) is 75.6 Å². The largest absolute Gasteiger partial charge is 0.573 e. The summed E-state index contributed by atoms with van der Waals surface area (Å²) in [5.74, 6) is -0.801. The first-order chi connectivity index (χ1) is 11.9. The summed E-state index contributed by atoms with van der Waals surface area (Å²) < 4.78 is 139. The third-order valence-electron chi connectivity index (χ3n) is 3.08. The second kappa shape index (κ2) is 7.35. The van der Waals surface area contributed by atoms with E-state index in [9.17, 15) is 47.9 Å². The van der Waals surface area contributed by atoms with Crippen LogP contribution in [0.1, 0.15) is 6.42 Å². The molecule has 1 aromatic rings. The maximum Gasteiger partial charge on any atom is 0.573 e. The average Bonchev–Trinajstić information content (AvgIpc) is 2.43. The van der Waals surface area contributed by atoms with Crippen LogP contribution in [0.3, 0.4) is 0 Å². The van der Waals surface area contributed by atoms with E-state index in [1.165, 1.54) is 4.72 Å². The molecule has 0 saturated carbocycles. The summed E-state index contributed by atoms with van der Waals surface area (Å²) in [5.41, 5.74) is -5.15. The van der Waals surface area contributed by atoms with E-state index in [1.54, 1.807) is 0 Å². The van der Waals surface area contributed by atoms with Crippen LogP contribution in [0.4, 0.5) is 39.5 Å². The van der Waals surface area contributed by atoms with E-state index in [-0.39, 0.29) is 0 Å². The zero-order valence-corrected chi connectivity index (χ0v) is 13.5. The van der Waals surface area contributed by atoms with Gasteiger partial charge in [-0.3, -0.25) is 0 Å². The molecule has 0 amide bonds. The van der Waals surface area contributed by atoms with Gasteiger partial charge in [-0.2, -0.15) is 26.3 Å². The third-order valence-corrected chi connectivity index (χ3v) is 4.56. The van der Waals surface area contributed by atoms with Gasteiger partial charge in [-0.15, -0.1) is 13.2 Å². The van der Waals surface area contributed by atoms with Crippen LogP contribution in [0.15, 0.2) is 29.2 Å². The van der Waals surface area contributed by atoms with Crippen LogP contribution < -0.4 is 9.46 Å². The van der Waals surface area contributed by atoms with E-state index in [4.69, 9.17) is 5.11 Å². The fourth-order valence-corrected chi connectivity index (χ4v) is 2.75. The van der Waals surface area contributed by atoms with Crippen LogP contribution in [0.25, 0.3) is 0 Å². The minimum absolute atomic E-state index is 0.573. The van der Waals surface area contributed by atoms with Gasteiger partial charge in [0.2, 0.25) is 10.0 Å². The van der Waals surface area contributed by atoms with Gasteiger partial charge >= 0.3 is 18.7 Å². The van der Waals surface area contributed by atoms with E-state index in [2.05, 4.69) is 4.74 Å². The maximum absolute atomic E-state index is 12.5. The number of alkyl halides is 9. The van der Waals surface area contributed by atoms with E-state index in [0.717, 1.165) is 0 Å². The molecule has 0 unspecified atom stereocenters. The monoisotopic (exact) mass is 435 g/mol. The maximum atomic E-state index is 12.5. The van der Waals surface area contributed by atoms with Gasteiger partial charge in [0, 0.05) is 13.0 Å². The molecular formula is C12H10F9NO4S. The van der Waals surface area contributed by atoms with Crippen molar-refractivity contribution in [3.63, 3.8) is 0 Å². The first-order valence-corrected chi connectivity index (χ1v) is 8.09. The smallest absolute Gasteiger partial charge is 0.406 e. The van der Waals surface area contributed by atoms with Gasteiger partial charge in [0.1, 0.15) is 5.75 Å². The van der Waals surface area contributed by atoms with Crippen LogP contribution in [-0.4, -0.2) is 44.4 Å². The van der Waals surface area contributed by atoms with Gasteiger partial charge < -0.3 is 9.84 Å². The predicted octanol–water partition coefficient (Wildman–Crippen LogP) is 3.11. The SMILES string of the molecule is O=S(=O)(NCCC(O)(C(F)(F)F)C(F)(F)F)c1ccc(OC(F)(F)F)cc1. The van der Waals surface area contributed by atoms with Crippen LogP contribution in [0.2, 0.25) is 0 Å². The number of hydrogen-bond donors (Lipinski definition) is 2. The highest BCUT2D eigenvalue weighted by Gasteiger charge is 2.69. The molecule has 0 aliphatic carbocycles. The van der Waals surface area contributed by atoms with Crippen LogP contribution >= 0.6 is 0 Å². The molecule has 0 heterocycles. The number of rotatable bonds is 6. The molecule has 0 fully saturated rings. The van der Waals surface area contributed by atoms with Gasteiger partial charge in [-0.05, 0) is 24.3 Å².